The first-order valence-electron chi connectivity index (χ1n) is 5.76. The second-order valence-corrected chi connectivity index (χ2v) is 5.33. The van der Waals surface area contributed by atoms with Crippen molar-refractivity contribution in [3.05, 3.63) is 16.1 Å². The van der Waals surface area contributed by atoms with Crippen molar-refractivity contribution in [1.82, 2.24) is 10.3 Å². The quantitative estimate of drug-likeness (QED) is 0.806. The lowest BCUT2D eigenvalue weighted by atomic mass is 10.1. The predicted octanol–water partition coefficient (Wildman–Crippen LogP) is 3.05. The summed E-state index contributed by atoms with van der Waals surface area (Å²) in [4.78, 5) is 4.72. The van der Waals surface area contributed by atoms with Gasteiger partial charge in [-0.2, -0.15) is 0 Å². The van der Waals surface area contributed by atoms with Gasteiger partial charge in [0, 0.05) is 17.8 Å². The van der Waals surface area contributed by atoms with Gasteiger partial charge in [0.05, 0.1) is 10.7 Å². The Balaban J connectivity index is 2.64. The van der Waals surface area contributed by atoms with Crippen molar-refractivity contribution in [3.63, 3.8) is 0 Å². The van der Waals surface area contributed by atoms with Crippen LogP contribution in [0.5, 0.6) is 0 Å². The molecule has 0 aliphatic carbocycles. The zero-order valence-electron chi connectivity index (χ0n) is 10.2. The van der Waals surface area contributed by atoms with E-state index in [1.165, 1.54) is 10.7 Å². The molecule has 0 fully saturated rings. The molecule has 0 aliphatic rings. The van der Waals surface area contributed by atoms with Crippen molar-refractivity contribution in [3.8, 4) is 0 Å². The summed E-state index contributed by atoms with van der Waals surface area (Å²) < 4.78 is 0. The number of thiazole rings is 1. The van der Waals surface area contributed by atoms with Crippen LogP contribution in [0.15, 0.2) is 5.38 Å². The highest BCUT2D eigenvalue weighted by Gasteiger charge is 2.13. The Morgan fingerprint density at radius 1 is 1.47 bits per heavy atom. The summed E-state index contributed by atoms with van der Waals surface area (Å²) in [6.45, 7) is 7.74. The molecule has 3 heteroatoms. The van der Waals surface area contributed by atoms with Crippen LogP contribution in [0.4, 0.5) is 0 Å². The van der Waals surface area contributed by atoms with Crippen LogP contribution in [0.2, 0.25) is 0 Å². The van der Waals surface area contributed by atoms with Gasteiger partial charge in [-0.1, -0.05) is 20.8 Å². The molecule has 0 saturated heterocycles. The number of nitrogens with zero attached hydrogens (tertiary/aromatic N) is 1. The second-order valence-electron chi connectivity index (χ2n) is 4.44. The van der Waals surface area contributed by atoms with Crippen LogP contribution >= 0.6 is 11.3 Å². The van der Waals surface area contributed by atoms with Gasteiger partial charge in [0.15, 0.2) is 0 Å². The fourth-order valence-electron chi connectivity index (χ4n) is 1.67. The Morgan fingerprint density at radius 3 is 2.73 bits per heavy atom. The van der Waals surface area contributed by atoms with Crippen LogP contribution in [0.3, 0.4) is 0 Å². The highest BCUT2D eigenvalue weighted by molar-refractivity contribution is 7.09. The maximum absolute atomic E-state index is 4.72. The molecule has 0 aliphatic heterocycles. The summed E-state index contributed by atoms with van der Waals surface area (Å²) in [7, 11) is 2.01. The number of likely N-dealkylation sites (N-methyl/N-ethyl adjacent to an activating group) is 1. The molecule has 1 heterocycles. The van der Waals surface area contributed by atoms with Crippen molar-refractivity contribution in [2.45, 2.75) is 39.5 Å². The second kappa shape index (κ2) is 6.23. The van der Waals surface area contributed by atoms with E-state index in [1.807, 2.05) is 18.4 Å². The summed E-state index contributed by atoms with van der Waals surface area (Å²) in [6, 6.07) is 0. The summed E-state index contributed by atoms with van der Waals surface area (Å²) in [5.41, 5.74) is 1.26. The largest absolute Gasteiger partial charge is 0.319 e. The SMILES string of the molecule is CCC(CNC)c1nc(CC(C)C)cs1. The van der Waals surface area contributed by atoms with Crippen LogP contribution in [-0.4, -0.2) is 18.6 Å². The lowest BCUT2D eigenvalue weighted by molar-refractivity contribution is 0.598. The molecule has 1 aromatic heterocycles. The Labute approximate surface area is 97.1 Å². The number of aromatic nitrogens is 1. The molecule has 0 aromatic carbocycles. The van der Waals surface area contributed by atoms with Crippen molar-refractivity contribution in [2.75, 3.05) is 13.6 Å². The van der Waals surface area contributed by atoms with Crippen molar-refractivity contribution < 1.29 is 0 Å². The van der Waals surface area contributed by atoms with E-state index < -0.39 is 0 Å². The minimum atomic E-state index is 0.584. The van der Waals surface area contributed by atoms with Crippen LogP contribution < -0.4 is 5.32 Å². The molecule has 0 spiro atoms. The molecule has 0 saturated carbocycles. The number of hydrogen-bond donors (Lipinski definition) is 1. The van der Waals surface area contributed by atoms with Crippen molar-refractivity contribution in [1.29, 1.82) is 0 Å². The molecule has 2 nitrogen and oxygen atoms in total. The van der Waals surface area contributed by atoms with Gasteiger partial charge in [-0.3, -0.25) is 0 Å². The lowest BCUT2D eigenvalue weighted by Crippen LogP contribution is -2.16. The zero-order chi connectivity index (χ0) is 11.3. The Kier molecular flexibility index (Phi) is 5.26. The third-order valence-corrected chi connectivity index (χ3v) is 3.54. The Hall–Kier alpha value is -0.410. The molecule has 1 atom stereocenters. The average Bonchev–Trinajstić information content (AvgIpc) is 2.61. The van der Waals surface area contributed by atoms with Gasteiger partial charge in [0.25, 0.3) is 0 Å². The zero-order valence-corrected chi connectivity index (χ0v) is 11.0. The number of hydrogen-bond acceptors (Lipinski definition) is 3. The summed E-state index contributed by atoms with van der Waals surface area (Å²) in [5, 5.41) is 6.74. The Bertz CT molecular complexity index is 281. The van der Waals surface area contributed by atoms with Crippen molar-refractivity contribution >= 4 is 11.3 Å². The van der Waals surface area contributed by atoms with Gasteiger partial charge in [-0.05, 0) is 25.8 Å². The minimum Gasteiger partial charge on any atom is -0.319 e. The molecule has 0 amide bonds. The molecule has 0 bridgehead atoms. The fraction of sp³-hybridized carbons (Fsp3) is 0.750. The molecular weight excluding hydrogens is 204 g/mol. The van der Waals surface area contributed by atoms with Crippen LogP contribution in [0.1, 0.15) is 43.8 Å². The summed E-state index contributed by atoms with van der Waals surface area (Å²) in [5.74, 6) is 1.28. The molecule has 1 rings (SSSR count). The van der Waals surface area contributed by atoms with Crippen LogP contribution in [0.25, 0.3) is 0 Å². The highest BCUT2D eigenvalue weighted by Crippen LogP contribution is 2.23. The van der Waals surface area contributed by atoms with E-state index in [1.54, 1.807) is 0 Å². The predicted molar refractivity (Wildman–Crippen MR) is 67.6 cm³/mol. The average molecular weight is 226 g/mol. The first kappa shape index (κ1) is 12.7. The van der Waals surface area contributed by atoms with E-state index in [9.17, 15) is 0 Å². The van der Waals surface area contributed by atoms with E-state index >= 15 is 0 Å². The first-order chi connectivity index (χ1) is 7.17. The highest BCUT2D eigenvalue weighted by atomic mass is 32.1. The van der Waals surface area contributed by atoms with E-state index in [0.29, 0.717) is 11.8 Å². The fourth-order valence-corrected chi connectivity index (χ4v) is 2.69. The monoisotopic (exact) mass is 226 g/mol. The maximum Gasteiger partial charge on any atom is 0.0971 e. The van der Waals surface area contributed by atoms with Gasteiger partial charge in [0.2, 0.25) is 0 Å². The van der Waals surface area contributed by atoms with Gasteiger partial charge in [-0.25, -0.2) is 4.98 Å². The van der Waals surface area contributed by atoms with Crippen LogP contribution in [-0.2, 0) is 6.42 Å². The van der Waals surface area contributed by atoms with E-state index in [4.69, 9.17) is 4.98 Å². The summed E-state index contributed by atoms with van der Waals surface area (Å²) >= 11 is 1.81. The molecule has 86 valence electrons. The van der Waals surface area contributed by atoms with E-state index in [0.717, 1.165) is 19.4 Å². The van der Waals surface area contributed by atoms with Crippen LogP contribution in [0, 0.1) is 5.92 Å². The summed E-state index contributed by atoms with van der Waals surface area (Å²) in [6.07, 6.45) is 2.27. The molecule has 1 aromatic rings. The van der Waals surface area contributed by atoms with Gasteiger partial charge in [0.1, 0.15) is 0 Å². The van der Waals surface area contributed by atoms with Gasteiger partial charge < -0.3 is 5.32 Å². The smallest absolute Gasteiger partial charge is 0.0971 e. The maximum atomic E-state index is 4.72. The van der Waals surface area contributed by atoms with Gasteiger partial charge in [-0.15, -0.1) is 11.3 Å². The normalized spacial score (nSPS) is 13.4. The van der Waals surface area contributed by atoms with E-state index in [-0.39, 0.29) is 0 Å². The molecule has 1 unspecified atom stereocenters. The number of rotatable bonds is 6. The Morgan fingerprint density at radius 2 is 2.20 bits per heavy atom. The van der Waals surface area contributed by atoms with Gasteiger partial charge >= 0.3 is 0 Å². The standard InChI is InChI=1S/C12H22N2S/c1-5-10(7-13-4)12-14-11(8-15-12)6-9(2)3/h8-10,13H,5-7H2,1-4H3. The third kappa shape index (κ3) is 3.92. The first-order valence-corrected chi connectivity index (χ1v) is 6.64. The van der Waals surface area contributed by atoms with E-state index in [2.05, 4.69) is 31.5 Å². The molecule has 0 radical (unpaired) electrons. The number of nitrogens with one attached hydrogen (secondary N) is 1. The minimum absolute atomic E-state index is 0.584. The molecular formula is C12H22N2S. The molecule has 15 heavy (non-hydrogen) atoms. The third-order valence-electron chi connectivity index (χ3n) is 2.48. The lowest BCUT2D eigenvalue weighted by Gasteiger charge is -2.10. The van der Waals surface area contributed by atoms with Crippen molar-refractivity contribution in [2.24, 2.45) is 5.92 Å². The molecule has 1 N–H and O–H groups in total. The topological polar surface area (TPSA) is 24.9 Å².